The summed E-state index contributed by atoms with van der Waals surface area (Å²) in [6.07, 6.45) is 1.31. The van der Waals surface area contributed by atoms with E-state index in [-0.39, 0.29) is 0 Å². The van der Waals surface area contributed by atoms with Crippen LogP contribution < -0.4 is 10.2 Å². The summed E-state index contributed by atoms with van der Waals surface area (Å²) in [4.78, 5) is 2.46. The minimum Gasteiger partial charge on any atom is -0.371 e. The van der Waals surface area contributed by atoms with E-state index >= 15 is 0 Å². The highest BCUT2D eigenvalue weighted by atomic mass is 15.2. The Bertz CT molecular complexity index is 312. The minimum atomic E-state index is 0.918. The second-order valence-corrected chi connectivity index (χ2v) is 4.63. The van der Waals surface area contributed by atoms with Crippen molar-refractivity contribution in [3.63, 3.8) is 0 Å². The fraction of sp³-hybridized carbons (Fsp3) is 0.571. The molecule has 2 heteroatoms. The van der Waals surface area contributed by atoms with Crippen LogP contribution in [0.1, 0.15) is 25.8 Å². The molecule has 0 saturated carbocycles. The molecule has 0 bridgehead atoms. The molecule has 1 aromatic carbocycles. The molecule has 1 aromatic rings. The van der Waals surface area contributed by atoms with Gasteiger partial charge in [0.25, 0.3) is 0 Å². The molecular formula is C14H22N2. The van der Waals surface area contributed by atoms with Crippen molar-refractivity contribution < 1.29 is 0 Å². The van der Waals surface area contributed by atoms with Gasteiger partial charge in [-0.15, -0.1) is 0 Å². The summed E-state index contributed by atoms with van der Waals surface area (Å²) in [7, 11) is 0. The number of nitrogens with zero attached hydrogens (tertiary/aromatic N) is 1. The van der Waals surface area contributed by atoms with Crippen molar-refractivity contribution in [3.05, 3.63) is 29.8 Å². The van der Waals surface area contributed by atoms with Crippen molar-refractivity contribution in [1.82, 2.24) is 5.32 Å². The summed E-state index contributed by atoms with van der Waals surface area (Å²) >= 11 is 0. The molecule has 1 aliphatic heterocycles. The van der Waals surface area contributed by atoms with Gasteiger partial charge < -0.3 is 10.2 Å². The van der Waals surface area contributed by atoms with Gasteiger partial charge in [-0.2, -0.15) is 0 Å². The van der Waals surface area contributed by atoms with Gasteiger partial charge in [-0.3, -0.25) is 0 Å². The lowest BCUT2D eigenvalue weighted by Gasteiger charge is -2.40. The molecule has 1 saturated heterocycles. The van der Waals surface area contributed by atoms with E-state index in [1.54, 1.807) is 0 Å². The molecule has 0 aromatic heterocycles. The average Bonchev–Trinajstić information content (AvgIpc) is 2.27. The molecule has 0 atom stereocenters. The van der Waals surface area contributed by atoms with Crippen LogP contribution in [0.5, 0.6) is 0 Å². The molecule has 0 radical (unpaired) electrons. The van der Waals surface area contributed by atoms with E-state index < -0.39 is 0 Å². The minimum absolute atomic E-state index is 0.918. The van der Waals surface area contributed by atoms with Crippen molar-refractivity contribution in [1.29, 1.82) is 0 Å². The summed E-state index contributed by atoms with van der Waals surface area (Å²) in [5.74, 6) is 0.918. The second kappa shape index (κ2) is 5.35. The van der Waals surface area contributed by atoms with Crippen LogP contribution in [0.4, 0.5) is 5.69 Å². The molecule has 0 aliphatic carbocycles. The highest BCUT2D eigenvalue weighted by molar-refractivity contribution is 5.49. The van der Waals surface area contributed by atoms with Crippen LogP contribution >= 0.6 is 0 Å². The Balaban J connectivity index is 1.88. The lowest BCUT2D eigenvalue weighted by atomic mass is 9.96. The third-order valence-electron chi connectivity index (χ3n) is 3.42. The van der Waals surface area contributed by atoms with Crippen molar-refractivity contribution in [2.45, 2.75) is 26.8 Å². The van der Waals surface area contributed by atoms with Gasteiger partial charge in [0.15, 0.2) is 0 Å². The standard InChI is InChI=1S/C14H22N2/c1-3-12-10-16(11-12)14-7-5-13(6-8-14)9-15-4-2/h5-8,12,15H,3-4,9-11H2,1-2H3. The van der Waals surface area contributed by atoms with Crippen molar-refractivity contribution in [3.8, 4) is 0 Å². The molecule has 2 nitrogen and oxygen atoms in total. The first-order valence-electron chi connectivity index (χ1n) is 6.38. The molecule has 1 N–H and O–H groups in total. The van der Waals surface area contributed by atoms with Crippen LogP contribution in [0.2, 0.25) is 0 Å². The maximum atomic E-state index is 3.34. The van der Waals surface area contributed by atoms with Gasteiger partial charge in [0, 0.05) is 25.3 Å². The Hall–Kier alpha value is -1.02. The molecule has 1 fully saturated rings. The van der Waals surface area contributed by atoms with E-state index in [2.05, 4.69) is 48.3 Å². The lowest BCUT2D eigenvalue weighted by Crippen LogP contribution is -2.46. The molecule has 0 amide bonds. The third-order valence-corrected chi connectivity index (χ3v) is 3.42. The summed E-state index contributed by atoms with van der Waals surface area (Å²) in [5, 5.41) is 3.34. The largest absolute Gasteiger partial charge is 0.371 e. The number of rotatable bonds is 5. The average molecular weight is 218 g/mol. The first-order chi connectivity index (χ1) is 7.83. The van der Waals surface area contributed by atoms with Crippen LogP contribution in [-0.2, 0) is 6.54 Å². The summed E-state index contributed by atoms with van der Waals surface area (Å²) < 4.78 is 0. The van der Waals surface area contributed by atoms with E-state index in [9.17, 15) is 0 Å². The quantitative estimate of drug-likeness (QED) is 0.817. The third kappa shape index (κ3) is 2.56. The fourth-order valence-electron chi connectivity index (χ4n) is 2.13. The summed E-state index contributed by atoms with van der Waals surface area (Å²) in [5.41, 5.74) is 2.75. The SMILES string of the molecule is CCNCc1ccc(N2CC(CC)C2)cc1. The number of benzene rings is 1. The fourth-order valence-corrected chi connectivity index (χ4v) is 2.13. The van der Waals surface area contributed by atoms with Crippen LogP contribution in [0.15, 0.2) is 24.3 Å². The van der Waals surface area contributed by atoms with Gasteiger partial charge in [-0.25, -0.2) is 0 Å². The summed E-state index contributed by atoms with van der Waals surface area (Å²) in [6.45, 7) is 8.91. The molecule has 0 spiro atoms. The summed E-state index contributed by atoms with van der Waals surface area (Å²) in [6, 6.07) is 8.96. The van der Waals surface area contributed by atoms with Gasteiger partial charge in [0.1, 0.15) is 0 Å². The monoisotopic (exact) mass is 218 g/mol. The van der Waals surface area contributed by atoms with E-state index in [0.717, 1.165) is 19.0 Å². The van der Waals surface area contributed by atoms with Crippen LogP contribution in [0, 0.1) is 5.92 Å². The predicted molar refractivity (Wildman–Crippen MR) is 69.8 cm³/mol. The first kappa shape index (κ1) is 11.5. The first-order valence-corrected chi connectivity index (χ1v) is 6.38. The Labute approximate surface area is 98.7 Å². The zero-order valence-corrected chi connectivity index (χ0v) is 10.4. The predicted octanol–water partition coefficient (Wildman–Crippen LogP) is 2.64. The number of hydrogen-bond acceptors (Lipinski definition) is 2. The molecule has 1 heterocycles. The van der Waals surface area contributed by atoms with Gasteiger partial charge in [-0.05, 0) is 36.6 Å². The maximum absolute atomic E-state index is 3.34. The van der Waals surface area contributed by atoms with Crippen molar-refractivity contribution >= 4 is 5.69 Å². The highest BCUT2D eigenvalue weighted by Gasteiger charge is 2.24. The Morgan fingerprint density at radius 2 is 1.88 bits per heavy atom. The normalized spacial score (nSPS) is 16.2. The molecule has 16 heavy (non-hydrogen) atoms. The van der Waals surface area contributed by atoms with Gasteiger partial charge in [0.2, 0.25) is 0 Å². The van der Waals surface area contributed by atoms with Crippen LogP contribution in [0.25, 0.3) is 0 Å². The van der Waals surface area contributed by atoms with Gasteiger partial charge in [0.05, 0.1) is 0 Å². The molecule has 88 valence electrons. The van der Waals surface area contributed by atoms with Crippen LogP contribution in [0.3, 0.4) is 0 Å². The van der Waals surface area contributed by atoms with Crippen molar-refractivity contribution in [2.24, 2.45) is 5.92 Å². The van der Waals surface area contributed by atoms with Crippen molar-refractivity contribution in [2.75, 3.05) is 24.5 Å². The van der Waals surface area contributed by atoms with Gasteiger partial charge >= 0.3 is 0 Å². The van der Waals surface area contributed by atoms with Gasteiger partial charge in [-0.1, -0.05) is 26.0 Å². The topological polar surface area (TPSA) is 15.3 Å². The van der Waals surface area contributed by atoms with E-state index in [0.29, 0.717) is 0 Å². The Kier molecular flexibility index (Phi) is 3.83. The Morgan fingerprint density at radius 1 is 1.19 bits per heavy atom. The smallest absolute Gasteiger partial charge is 0.0366 e. The maximum Gasteiger partial charge on any atom is 0.0366 e. The zero-order chi connectivity index (χ0) is 11.4. The molecule has 2 rings (SSSR count). The second-order valence-electron chi connectivity index (χ2n) is 4.63. The van der Waals surface area contributed by atoms with Crippen LogP contribution in [-0.4, -0.2) is 19.6 Å². The number of anilines is 1. The molecular weight excluding hydrogens is 196 g/mol. The van der Waals surface area contributed by atoms with E-state index in [1.807, 2.05) is 0 Å². The molecule has 1 aliphatic rings. The molecule has 0 unspecified atom stereocenters. The number of hydrogen-bond donors (Lipinski definition) is 1. The van der Waals surface area contributed by atoms with E-state index in [1.165, 1.54) is 30.8 Å². The zero-order valence-electron chi connectivity index (χ0n) is 10.4. The highest BCUT2D eigenvalue weighted by Crippen LogP contribution is 2.26. The lowest BCUT2D eigenvalue weighted by molar-refractivity contribution is 0.399. The number of nitrogens with one attached hydrogen (secondary N) is 1. The Morgan fingerprint density at radius 3 is 2.44 bits per heavy atom. The van der Waals surface area contributed by atoms with E-state index in [4.69, 9.17) is 0 Å².